The van der Waals surface area contributed by atoms with Crippen molar-refractivity contribution >= 4 is 17.5 Å². The van der Waals surface area contributed by atoms with Crippen LogP contribution in [0.1, 0.15) is 16.2 Å². The van der Waals surface area contributed by atoms with Gasteiger partial charge < -0.3 is 4.42 Å². The molecule has 0 aliphatic heterocycles. The SMILES string of the molecule is Cc1nnc(SCC(=O)c2cc(F)ccc2F)o1. The highest BCUT2D eigenvalue weighted by Crippen LogP contribution is 2.19. The Morgan fingerprint density at radius 2 is 2.17 bits per heavy atom. The van der Waals surface area contributed by atoms with Gasteiger partial charge in [-0.2, -0.15) is 0 Å². The van der Waals surface area contributed by atoms with E-state index in [1.165, 1.54) is 0 Å². The summed E-state index contributed by atoms with van der Waals surface area (Å²) in [6, 6.07) is 2.75. The second-order valence-corrected chi connectivity index (χ2v) is 4.35. The lowest BCUT2D eigenvalue weighted by atomic mass is 10.1. The van der Waals surface area contributed by atoms with Crippen molar-refractivity contribution in [2.75, 3.05) is 5.75 Å². The highest BCUT2D eigenvalue weighted by atomic mass is 32.2. The van der Waals surface area contributed by atoms with E-state index in [0.29, 0.717) is 5.89 Å². The number of Topliss-reactive ketones (excluding diaryl/α,β-unsaturated/α-hetero) is 1. The van der Waals surface area contributed by atoms with Crippen molar-refractivity contribution in [1.29, 1.82) is 0 Å². The third-order valence-electron chi connectivity index (χ3n) is 2.06. The molecule has 0 fully saturated rings. The van der Waals surface area contributed by atoms with Crippen molar-refractivity contribution in [3.63, 3.8) is 0 Å². The minimum absolute atomic E-state index is 0.0952. The van der Waals surface area contributed by atoms with Gasteiger partial charge in [0.15, 0.2) is 5.78 Å². The summed E-state index contributed by atoms with van der Waals surface area (Å²) < 4.78 is 31.3. The lowest BCUT2D eigenvalue weighted by Crippen LogP contribution is -2.06. The van der Waals surface area contributed by atoms with E-state index in [0.717, 1.165) is 30.0 Å². The fourth-order valence-corrected chi connectivity index (χ4v) is 1.94. The number of nitrogens with zero attached hydrogens (tertiary/aromatic N) is 2. The molecule has 1 heterocycles. The molecule has 0 saturated carbocycles. The van der Waals surface area contributed by atoms with Crippen LogP contribution in [0.2, 0.25) is 0 Å². The quantitative estimate of drug-likeness (QED) is 0.631. The minimum atomic E-state index is -0.747. The van der Waals surface area contributed by atoms with Gasteiger partial charge in [-0.15, -0.1) is 10.2 Å². The van der Waals surface area contributed by atoms with Gasteiger partial charge in [-0.3, -0.25) is 4.79 Å². The van der Waals surface area contributed by atoms with Crippen LogP contribution >= 0.6 is 11.8 Å². The molecule has 0 aliphatic rings. The number of halogens is 2. The maximum Gasteiger partial charge on any atom is 0.277 e. The predicted molar refractivity (Wildman–Crippen MR) is 60.4 cm³/mol. The Balaban J connectivity index is 2.05. The topological polar surface area (TPSA) is 56.0 Å². The second kappa shape index (κ2) is 5.26. The number of hydrogen-bond acceptors (Lipinski definition) is 5. The Bertz CT molecular complexity index is 586. The summed E-state index contributed by atoms with van der Waals surface area (Å²) in [6.07, 6.45) is 0. The number of carbonyl (C=O) groups excluding carboxylic acids is 1. The molecule has 0 unspecified atom stereocenters. The third kappa shape index (κ3) is 2.92. The maximum atomic E-state index is 13.3. The van der Waals surface area contributed by atoms with Crippen LogP contribution in [0.15, 0.2) is 27.8 Å². The van der Waals surface area contributed by atoms with Gasteiger partial charge in [0.1, 0.15) is 11.6 Å². The molecule has 2 rings (SSSR count). The highest BCUT2D eigenvalue weighted by Gasteiger charge is 2.14. The first-order chi connectivity index (χ1) is 8.56. The monoisotopic (exact) mass is 270 g/mol. The Kier molecular flexibility index (Phi) is 3.71. The van der Waals surface area contributed by atoms with E-state index < -0.39 is 17.4 Å². The van der Waals surface area contributed by atoms with Crippen LogP contribution in [-0.4, -0.2) is 21.7 Å². The van der Waals surface area contributed by atoms with Crippen molar-refractivity contribution in [2.24, 2.45) is 0 Å². The number of benzene rings is 1. The molecule has 0 spiro atoms. The van der Waals surface area contributed by atoms with E-state index in [-0.39, 0.29) is 16.5 Å². The summed E-state index contributed by atoms with van der Waals surface area (Å²) in [6.45, 7) is 1.62. The molecule has 0 saturated heterocycles. The van der Waals surface area contributed by atoms with Gasteiger partial charge in [-0.1, -0.05) is 11.8 Å². The largest absolute Gasteiger partial charge is 0.416 e. The molecule has 0 N–H and O–H groups in total. The molecular formula is C11H8F2N2O2S. The number of carbonyl (C=O) groups is 1. The van der Waals surface area contributed by atoms with E-state index in [1.54, 1.807) is 6.92 Å². The molecule has 1 aromatic heterocycles. The first kappa shape index (κ1) is 12.7. The van der Waals surface area contributed by atoms with Gasteiger partial charge in [0.05, 0.1) is 11.3 Å². The van der Waals surface area contributed by atoms with Crippen LogP contribution in [0.4, 0.5) is 8.78 Å². The normalized spacial score (nSPS) is 10.6. The van der Waals surface area contributed by atoms with Gasteiger partial charge in [0.25, 0.3) is 5.22 Å². The third-order valence-corrected chi connectivity index (χ3v) is 2.88. The number of aromatic nitrogens is 2. The Labute approximate surface area is 105 Å². The number of rotatable bonds is 4. The number of aryl methyl sites for hydroxylation is 1. The van der Waals surface area contributed by atoms with Crippen LogP contribution in [0.25, 0.3) is 0 Å². The molecule has 18 heavy (non-hydrogen) atoms. The van der Waals surface area contributed by atoms with Crippen molar-refractivity contribution < 1.29 is 18.0 Å². The second-order valence-electron chi connectivity index (χ2n) is 3.42. The van der Waals surface area contributed by atoms with E-state index in [4.69, 9.17) is 4.42 Å². The summed E-state index contributed by atoms with van der Waals surface area (Å²) >= 11 is 0.980. The Hall–Kier alpha value is -1.76. The molecule has 4 nitrogen and oxygen atoms in total. The zero-order valence-electron chi connectivity index (χ0n) is 9.31. The van der Waals surface area contributed by atoms with Gasteiger partial charge in [0.2, 0.25) is 5.89 Å². The van der Waals surface area contributed by atoms with E-state index >= 15 is 0 Å². The predicted octanol–water partition coefficient (Wildman–Crippen LogP) is 2.63. The number of hydrogen-bond donors (Lipinski definition) is 0. The fraction of sp³-hybridized carbons (Fsp3) is 0.182. The van der Waals surface area contributed by atoms with Crippen LogP contribution in [0, 0.1) is 18.6 Å². The van der Waals surface area contributed by atoms with Gasteiger partial charge >= 0.3 is 0 Å². The van der Waals surface area contributed by atoms with Gasteiger partial charge in [-0.05, 0) is 18.2 Å². The van der Waals surface area contributed by atoms with E-state index in [9.17, 15) is 13.6 Å². The van der Waals surface area contributed by atoms with Crippen molar-refractivity contribution in [3.8, 4) is 0 Å². The first-order valence-electron chi connectivity index (χ1n) is 4.97. The maximum absolute atomic E-state index is 13.3. The number of thioether (sulfide) groups is 1. The average molecular weight is 270 g/mol. The van der Waals surface area contributed by atoms with Crippen molar-refractivity contribution in [2.45, 2.75) is 12.1 Å². The van der Waals surface area contributed by atoms with Crippen molar-refractivity contribution in [1.82, 2.24) is 10.2 Å². The van der Waals surface area contributed by atoms with E-state index in [1.807, 2.05) is 0 Å². The van der Waals surface area contributed by atoms with Crippen LogP contribution in [0.3, 0.4) is 0 Å². The van der Waals surface area contributed by atoms with Crippen LogP contribution < -0.4 is 0 Å². The average Bonchev–Trinajstić information content (AvgIpc) is 2.75. The van der Waals surface area contributed by atoms with Gasteiger partial charge in [-0.25, -0.2) is 8.78 Å². The lowest BCUT2D eigenvalue weighted by molar-refractivity contribution is 0.101. The summed E-state index contributed by atoms with van der Waals surface area (Å²) in [5, 5.41) is 7.48. The zero-order valence-corrected chi connectivity index (χ0v) is 10.1. The van der Waals surface area contributed by atoms with Crippen LogP contribution in [-0.2, 0) is 0 Å². The van der Waals surface area contributed by atoms with Gasteiger partial charge in [0, 0.05) is 6.92 Å². The zero-order chi connectivity index (χ0) is 13.1. The lowest BCUT2D eigenvalue weighted by Gasteiger charge is -2.01. The standard InChI is InChI=1S/C11H8F2N2O2S/c1-6-14-15-11(17-6)18-5-10(16)8-4-7(12)2-3-9(8)13/h2-4H,5H2,1H3. The fourth-order valence-electron chi connectivity index (χ4n) is 1.25. The highest BCUT2D eigenvalue weighted by molar-refractivity contribution is 7.99. The summed E-state index contributed by atoms with van der Waals surface area (Å²) in [5.41, 5.74) is -0.279. The Morgan fingerprint density at radius 1 is 1.39 bits per heavy atom. The minimum Gasteiger partial charge on any atom is -0.416 e. The molecule has 1 aromatic carbocycles. The number of ketones is 1. The first-order valence-corrected chi connectivity index (χ1v) is 5.96. The van der Waals surface area contributed by atoms with E-state index in [2.05, 4.69) is 10.2 Å². The van der Waals surface area contributed by atoms with Crippen molar-refractivity contribution in [3.05, 3.63) is 41.3 Å². The summed E-state index contributed by atoms with van der Waals surface area (Å²) in [4.78, 5) is 11.7. The molecule has 0 aliphatic carbocycles. The molecule has 0 radical (unpaired) electrons. The Morgan fingerprint density at radius 3 is 2.83 bits per heavy atom. The molecule has 0 bridgehead atoms. The van der Waals surface area contributed by atoms with Crippen LogP contribution in [0.5, 0.6) is 0 Å². The molecule has 0 atom stereocenters. The molecule has 0 amide bonds. The smallest absolute Gasteiger partial charge is 0.277 e. The molecular weight excluding hydrogens is 262 g/mol. The summed E-state index contributed by atoms with van der Waals surface area (Å²) in [5.74, 6) is -1.65. The summed E-state index contributed by atoms with van der Waals surface area (Å²) in [7, 11) is 0. The molecule has 7 heteroatoms. The molecule has 2 aromatic rings. The molecule has 94 valence electrons.